The summed E-state index contributed by atoms with van der Waals surface area (Å²) in [6, 6.07) is 16.2. The summed E-state index contributed by atoms with van der Waals surface area (Å²) in [5, 5.41) is 6.44. The van der Waals surface area contributed by atoms with Crippen LogP contribution in [0.3, 0.4) is 0 Å². The Bertz CT molecular complexity index is 865. The van der Waals surface area contributed by atoms with Gasteiger partial charge in [-0.2, -0.15) is 0 Å². The normalized spacial score (nSPS) is 11.5. The molecule has 3 nitrogen and oxygen atoms in total. The van der Waals surface area contributed by atoms with Gasteiger partial charge in [-0.1, -0.05) is 24.3 Å². The van der Waals surface area contributed by atoms with Crippen molar-refractivity contribution in [1.82, 2.24) is 0 Å². The molecule has 0 saturated heterocycles. The zero-order valence-electron chi connectivity index (χ0n) is 13.0. The Morgan fingerprint density at radius 2 is 1.91 bits per heavy atom. The van der Waals surface area contributed by atoms with Gasteiger partial charge in [-0.15, -0.1) is 11.3 Å². The second-order valence-electron chi connectivity index (χ2n) is 5.05. The molecule has 0 spiro atoms. The lowest BCUT2D eigenvalue weighted by atomic mass is 10.0. The van der Waals surface area contributed by atoms with E-state index in [4.69, 9.17) is 4.74 Å². The Morgan fingerprint density at radius 3 is 2.61 bits per heavy atom. The zero-order valence-corrected chi connectivity index (χ0v) is 13.8. The molecule has 0 saturated carbocycles. The van der Waals surface area contributed by atoms with Crippen LogP contribution in [0.25, 0.3) is 15.7 Å². The average molecular weight is 323 g/mol. The lowest BCUT2D eigenvalue weighted by Crippen LogP contribution is -2.03. The molecule has 0 aliphatic carbocycles. The van der Waals surface area contributed by atoms with Crippen molar-refractivity contribution in [2.24, 2.45) is 0 Å². The molecule has 0 bridgehead atoms. The van der Waals surface area contributed by atoms with Gasteiger partial charge in [0.1, 0.15) is 0 Å². The van der Waals surface area contributed by atoms with Crippen LogP contribution in [0.1, 0.15) is 12.5 Å². The molecule has 116 valence electrons. The number of para-hydroxylation sites is 1. The van der Waals surface area contributed by atoms with Crippen molar-refractivity contribution in [3.05, 3.63) is 65.6 Å². The van der Waals surface area contributed by atoms with Crippen LogP contribution in [0.5, 0.6) is 0 Å². The number of anilines is 2. The van der Waals surface area contributed by atoms with Gasteiger partial charge in [-0.05, 0) is 37.3 Å². The number of hydrogen-bond donors (Lipinski definition) is 1. The van der Waals surface area contributed by atoms with Gasteiger partial charge in [-0.3, -0.25) is 0 Å². The van der Waals surface area contributed by atoms with Gasteiger partial charge in [-0.25, -0.2) is 4.79 Å². The van der Waals surface area contributed by atoms with E-state index in [0.717, 1.165) is 27.0 Å². The van der Waals surface area contributed by atoms with Gasteiger partial charge in [0.05, 0.1) is 12.7 Å². The predicted octanol–water partition coefficient (Wildman–Crippen LogP) is 5.22. The van der Waals surface area contributed by atoms with E-state index in [1.165, 1.54) is 7.11 Å². The van der Waals surface area contributed by atoms with Crippen LogP contribution in [0.2, 0.25) is 0 Å². The fraction of sp³-hybridized carbons (Fsp3) is 0.105. The Balaban J connectivity index is 2.02. The molecule has 0 unspecified atom stereocenters. The molecule has 0 aliphatic heterocycles. The van der Waals surface area contributed by atoms with Crippen LogP contribution < -0.4 is 5.32 Å². The van der Waals surface area contributed by atoms with Gasteiger partial charge < -0.3 is 10.1 Å². The third-order valence-electron chi connectivity index (χ3n) is 3.62. The Labute approximate surface area is 139 Å². The molecular formula is C19H17NO2S. The molecule has 1 heterocycles. The molecule has 1 aromatic heterocycles. The van der Waals surface area contributed by atoms with Crippen molar-refractivity contribution in [2.45, 2.75) is 6.92 Å². The maximum absolute atomic E-state index is 12.0. The quantitative estimate of drug-likeness (QED) is 0.528. The SMILES string of the molecule is CC=C(C(=O)OC)c1csc2ccc(Nc3ccccc3)cc12. The number of nitrogens with one attached hydrogen (secondary N) is 1. The smallest absolute Gasteiger partial charge is 0.338 e. The number of esters is 1. The highest BCUT2D eigenvalue weighted by Crippen LogP contribution is 2.34. The lowest BCUT2D eigenvalue weighted by molar-refractivity contribution is -0.133. The van der Waals surface area contributed by atoms with E-state index in [2.05, 4.69) is 17.4 Å². The number of hydrogen-bond acceptors (Lipinski definition) is 4. The Hall–Kier alpha value is -2.59. The molecule has 0 radical (unpaired) electrons. The second-order valence-corrected chi connectivity index (χ2v) is 5.96. The number of allylic oxidation sites excluding steroid dienone is 1. The summed E-state index contributed by atoms with van der Waals surface area (Å²) < 4.78 is 6.02. The van der Waals surface area contributed by atoms with Crippen LogP contribution in [0.15, 0.2) is 60.0 Å². The number of carbonyl (C=O) groups is 1. The summed E-state index contributed by atoms with van der Waals surface area (Å²) in [6.45, 7) is 1.85. The van der Waals surface area contributed by atoms with Crippen molar-refractivity contribution < 1.29 is 9.53 Å². The minimum absolute atomic E-state index is 0.311. The van der Waals surface area contributed by atoms with Gasteiger partial charge in [0.2, 0.25) is 0 Å². The maximum atomic E-state index is 12.0. The van der Waals surface area contributed by atoms with Crippen LogP contribution in [0.4, 0.5) is 11.4 Å². The topological polar surface area (TPSA) is 38.3 Å². The number of ether oxygens (including phenoxy) is 1. The van der Waals surface area contributed by atoms with E-state index in [1.54, 1.807) is 17.4 Å². The van der Waals surface area contributed by atoms with E-state index < -0.39 is 0 Å². The first-order valence-electron chi connectivity index (χ1n) is 7.31. The van der Waals surface area contributed by atoms with Crippen molar-refractivity contribution in [2.75, 3.05) is 12.4 Å². The first kappa shape index (κ1) is 15.3. The van der Waals surface area contributed by atoms with Crippen LogP contribution >= 0.6 is 11.3 Å². The van der Waals surface area contributed by atoms with Crippen LogP contribution in [-0.4, -0.2) is 13.1 Å². The summed E-state index contributed by atoms with van der Waals surface area (Å²) in [4.78, 5) is 12.0. The first-order chi connectivity index (χ1) is 11.2. The van der Waals surface area contributed by atoms with E-state index in [9.17, 15) is 4.79 Å². The molecule has 1 N–H and O–H groups in total. The Kier molecular flexibility index (Phi) is 4.44. The van der Waals surface area contributed by atoms with Gasteiger partial charge in [0.15, 0.2) is 0 Å². The van der Waals surface area contributed by atoms with Gasteiger partial charge in [0.25, 0.3) is 0 Å². The van der Waals surface area contributed by atoms with Crippen LogP contribution in [0, 0.1) is 0 Å². The molecule has 2 aromatic carbocycles. The summed E-state index contributed by atoms with van der Waals surface area (Å²) in [5.41, 5.74) is 3.53. The van der Waals surface area contributed by atoms with E-state index >= 15 is 0 Å². The van der Waals surface area contributed by atoms with Gasteiger partial charge >= 0.3 is 5.97 Å². The highest BCUT2D eigenvalue weighted by molar-refractivity contribution is 7.17. The molecule has 3 aromatic rings. The maximum Gasteiger partial charge on any atom is 0.338 e. The number of methoxy groups -OCH3 is 1. The van der Waals surface area contributed by atoms with Crippen molar-refractivity contribution in [1.29, 1.82) is 0 Å². The van der Waals surface area contributed by atoms with Crippen molar-refractivity contribution in [3.63, 3.8) is 0 Å². The third-order valence-corrected chi connectivity index (χ3v) is 4.58. The highest BCUT2D eigenvalue weighted by atomic mass is 32.1. The molecule has 4 heteroatoms. The summed E-state index contributed by atoms with van der Waals surface area (Å²) >= 11 is 1.62. The monoisotopic (exact) mass is 323 g/mol. The number of fused-ring (bicyclic) bond motifs is 1. The minimum atomic E-state index is -0.311. The zero-order chi connectivity index (χ0) is 16.2. The predicted molar refractivity (Wildman–Crippen MR) is 97.2 cm³/mol. The second kappa shape index (κ2) is 6.67. The van der Waals surface area contributed by atoms with Gasteiger partial charge in [0, 0.05) is 32.4 Å². The fourth-order valence-electron chi connectivity index (χ4n) is 2.50. The molecular weight excluding hydrogens is 306 g/mol. The summed E-state index contributed by atoms with van der Waals surface area (Å²) in [5.74, 6) is -0.311. The van der Waals surface area contributed by atoms with Crippen LogP contribution in [-0.2, 0) is 9.53 Å². The fourth-order valence-corrected chi connectivity index (χ4v) is 3.44. The van der Waals surface area contributed by atoms with E-state index in [0.29, 0.717) is 5.57 Å². The average Bonchev–Trinajstić information content (AvgIpc) is 2.99. The number of carbonyl (C=O) groups excluding carboxylic acids is 1. The number of rotatable bonds is 4. The highest BCUT2D eigenvalue weighted by Gasteiger charge is 2.16. The summed E-state index contributed by atoms with van der Waals surface area (Å²) in [6.07, 6.45) is 1.80. The van der Waals surface area contributed by atoms with Crippen molar-refractivity contribution in [3.8, 4) is 0 Å². The third kappa shape index (κ3) is 3.12. The van der Waals surface area contributed by atoms with Crippen molar-refractivity contribution >= 4 is 44.3 Å². The lowest BCUT2D eigenvalue weighted by Gasteiger charge is -2.08. The number of benzene rings is 2. The number of thiophene rings is 1. The molecule has 0 aliphatic rings. The van der Waals surface area contributed by atoms with E-state index in [-0.39, 0.29) is 5.97 Å². The molecule has 0 amide bonds. The first-order valence-corrected chi connectivity index (χ1v) is 8.19. The standard InChI is InChI=1S/C19H17NO2S/c1-3-15(19(21)22-2)17-12-23-18-10-9-14(11-16(17)18)20-13-7-5-4-6-8-13/h3-12,20H,1-2H3. The summed E-state index contributed by atoms with van der Waals surface area (Å²) in [7, 11) is 1.41. The molecule has 3 rings (SSSR count). The largest absolute Gasteiger partial charge is 0.465 e. The molecule has 0 atom stereocenters. The minimum Gasteiger partial charge on any atom is -0.465 e. The van der Waals surface area contributed by atoms with E-state index in [1.807, 2.05) is 48.7 Å². The molecule has 0 fully saturated rings. The Morgan fingerprint density at radius 1 is 1.13 bits per heavy atom. The molecule has 23 heavy (non-hydrogen) atoms.